The molecule has 2 aromatic rings. The van der Waals surface area contributed by atoms with Crippen molar-refractivity contribution in [2.45, 2.75) is 32.1 Å². The normalized spacial score (nSPS) is 18.2. The number of hydrogen-bond acceptors (Lipinski definition) is 6. The molecule has 16 heavy (non-hydrogen) atoms. The number of nitrogens with zero attached hydrogens (tertiary/aromatic N) is 6. The van der Waals surface area contributed by atoms with Crippen LogP contribution in [0.4, 0.5) is 0 Å². The molecule has 0 aromatic carbocycles. The summed E-state index contributed by atoms with van der Waals surface area (Å²) in [5, 5.41) is 28.1. The SMILES string of the molecule is C1CC(Cc2nn[nH]n2)(Cc2nn[nH]n2)C1. The van der Waals surface area contributed by atoms with Crippen LogP contribution in [0.1, 0.15) is 30.9 Å². The number of rotatable bonds is 4. The molecule has 8 heteroatoms. The van der Waals surface area contributed by atoms with E-state index in [1.165, 1.54) is 6.42 Å². The Hall–Kier alpha value is -1.86. The molecule has 1 fully saturated rings. The zero-order valence-electron chi connectivity index (χ0n) is 8.72. The first-order chi connectivity index (χ1) is 7.86. The summed E-state index contributed by atoms with van der Waals surface area (Å²) in [7, 11) is 0. The van der Waals surface area contributed by atoms with Crippen LogP contribution in [0.2, 0.25) is 0 Å². The molecule has 0 radical (unpaired) electrons. The van der Waals surface area contributed by atoms with Crippen molar-refractivity contribution in [2.75, 3.05) is 0 Å². The Morgan fingerprint density at radius 3 is 1.81 bits per heavy atom. The van der Waals surface area contributed by atoms with Gasteiger partial charge in [0, 0.05) is 12.8 Å². The van der Waals surface area contributed by atoms with Gasteiger partial charge in [0.15, 0.2) is 11.6 Å². The molecule has 0 bridgehead atoms. The molecule has 0 amide bonds. The second-order valence-electron chi connectivity index (χ2n) is 4.36. The highest BCUT2D eigenvalue weighted by Gasteiger charge is 2.39. The van der Waals surface area contributed by atoms with Gasteiger partial charge in [0.2, 0.25) is 0 Å². The van der Waals surface area contributed by atoms with Crippen LogP contribution in [0.25, 0.3) is 0 Å². The maximum Gasteiger partial charge on any atom is 0.175 e. The summed E-state index contributed by atoms with van der Waals surface area (Å²) in [4.78, 5) is 0. The van der Waals surface area contributed by atoms with E-state index in [0.29, 0.717) is 0 Å². The molecule has 2 aromatic heterocycles. The Morgan fingerprint density at radius 2 is 1.50 bits per heavy atom. The zero-order chi connectivity index (χ0) is 10.8. The van der Waals surface area contributed by atoms with E-state index >= 15 is 0 Å². The van der Waals surface area contributed by atoms with Gasteiger partial charge >= 0.3 is 0 Å². The fourth-order valence-electron chi connectivity index (χ4n) is 2.28. The lowest BCUT2D eigenvalue weighted by Gasteiger charge is -2.40. The minimum absolute atomic E-state index is 0.202. The Balaban J connectivity index is 1.73. The van der Waals surface area contributed by atoms with Crippen molar-refractivity contribution in [3.8, 4) is 0 Å². The molecule has 1 aliphatic carbocycles. The Kier molecular flexibility index (Phi) is 2.12. The van der Waals surface area contributed by atoms with E-state index in [2.05, 4.69) is 41.2 Å². The van der Waals surface area contributed by atoms with Crippen LogP contribution in [0, 0.1) is 5.41 Å². The van der Waals surface area contributed by atoms with Crippen LogP contribution < -0.4 is 0 Å². The van der Waals surface area contributed by atoms with Crippen molar-refractivity contribution >= 4 is 0 Å². The van der Waals surface area contributed by atoms with Gasteiger partial charge in [0.25, 0.3) is 0 Å². The average Bonchev–Trinajstić information content (AvgIpc) is 2.86. The molecule has 8 nitrogen and oxygen atoms in total. The van der Waals surface area contributed by atoms with Crippen LogP contribution in [0.3, 0.4) is 0 Å². The summed E-state index contributed by atoms with van der Waals surface area (Å²) in [6, 6.07) is 0. The molecule has 1 aliphatic rings. The molecule has 2 heterocycles. The lowest BCUT2D eigenvalue weighted by molar-refractivity contribution is 0.127. The molecule has 0 unspecified atom stereocenters. The maximum absolute atomic E-state index is 4.00. The van der Waals surface area contributed by atoms with Crippen LogP contribution in [-0.4, -0.2) is 41.2 Å². The van der Waals surface area contributed by atoms with Crippen LogP contribution in [0.15, 0.2) is 0 Å². The topological polar surface area (TPSA) is 109 Å². The molecular formula is C8H12N8. The van der Waals surface area contributed by atoms with Crippen LogP contribution >= 0.6 is 0 Å². The number of tetrazole rings is 2. The van der Waals surface area contributed by atoms with Gasteiger partial charge in [-0.3, -0.25) is 0 Å². The van der Waals surface area contributed by atoms with E-state index in [-0.39, 0.29) is 5.41 Å². The number of aromatic amines is 2. The first-order valence-corrected chi connectivity index (χ1v) is 5.31. The molecule has 0 atom stereocenters. The number of H-pyrrole nitrogens is 2. The van der Waals surface area contributed by atoms with E-state index in [9.17, 15) is 0 Å². The third-order valence-electron chi connectivity index (χ3n) is 3.26. The molecular weight excluding hydrogens is 208 g/mol. The predicted molar refractivity (Wildman–Crippen MR) is 52.0 cm³/mol. The first-order valence-electron chi connectivity index (χ1n) is 5.31. The van der Waals surface area contributed by atoms with E-state index in [4.69, 9.17) is 0 Å². The quantitative estimate of drug-likeness (QED) is 0.730. The van der Waals surface area contributed by atoms with Gasteiger partial charge in [-0.05, 0) is 18.3 Å². The molecule has 0 aliphatic heterocycles. The third kappa shape index (κ3) is 1.66. The smallest absolute Gasteiger partial charge is 0.175 e. The Labute approximate surface area is 91.2 Å². The van der Waals surface area contributed by atoms with Crippen molar-refractivity contribution in [2.24, 2.45) is 5.41 Å². The number of aromatic nitrogens is 8. The fraction of sp³-hybridized carbons (Fsp3) is 0.750. The second-order valence-corrected chi connectivity index (χ2v) is 4.36. The lowest BCUT2D eigenvalue weighted by atomic mass is 9.64. The van der Waals surface area contributed by atoms with Gasteiger partial charge in [0.1, 0.15) is 0 Å². The zero-order valence-corrected chi connectivity index (χ0v) is 8.72. The average molecular weight is 220 g/mol. The highest BCUT2D eigenvalue weighted by molar-refractivity contribution is 5.00. The summed E-state index contributed by atoms with van der Waals surface area (Å²) in [6.45, 7) is 0. The van der Waals surface area contributed by atoms with E-state index in [0.717, 1.165) is 37.3 Å². The molecule has 0 spiro atoms. The van der Waals surface area contributed by atoms with Gasteiger partial charge in [-0.15, -0.1) is 20.4 Å². The molecule has 1 saturated carbocycles. The third-order valence-corrected chi connectivity index (χ3v) is 3.26. The summed E-state index contributed by atoms with van der Waals surface area (Å²) >= 11 is 0. The lowest BCUT2D eigenvalue weighted by Crippen LogP contribution is -2.35. The molecule has 84 valence electrons. The minimum atomic E-state index is 0.202. The molecule has 0 saturated heterocycles. The van der Waals surface area contributed by atoms with Crippen molar-refractivity contribution in [1.29, 1.82) is 0 Å². The first kappa shape index (κ1) is 9.37. The summed E-state index contributed by atoms with van der Waals surface area (Å²) in [5.74, 6) is 1.53. The fourth-order valence-corrected chi connectivity index (χ4v) is 2.28. The maximum atomic E-state index is 4.00. The van der Waals surface area contributed by atoms with Crippen LogP contribution in [-0.2, 0) is 12.8 Å². The standard InChI is InChI=1S/C8H12N8/c1-2-8(3-1,4-6-9-13-14-10-6)5-7-11-15-16-12-7/h1-5H2,(H,9,10,13,14)(H,11,12,15,16). The van der Waals surface area contributed by atoms with Gasteiger partial charge in [-0.25, -0.2) is 0 Å². The molecule has 3 rings (SSSR count). The van der Waals surface area contributed by atoms with Crippen molar-refractivity contribution < 1.29 is 0 Å². The van der Waals surface area contributed by atoms with Crippen molar-refractivity contribution in [3.05, 3.63) is 11.6 Å². The predicted octanol–water partition coefficient (Wildman–Crippen LogP) is -0.332. The van der Waals surface area contributed by atoms with Gasteiger partial charge in [-0.2, -0.15) is 10.4 Å². The summed E-state index contributed by atoms with van der Waals surface area (Å²) in [6.07, 6.45) is 5.23. The monoisotopic (exact) mass is 220 g/mol. The Morgan fingerprint density at radius 1 is 0.938 bits per heavy atom. The van der Waals surface area contributed by atoms with Gasteiger partial charge in [0.05, 0.1) is 0 Å². The number of nitrogens with one attached hydrogen (secondary N) is 2. The van der Waals surface area contributed by atoms with Crippen molar-refractivity contribution in [1.82, 2.24) is 41.2 Å². The summed E-state index contributed by atoms with van der Waals surface area (Å²) in [5.41, 5.74) is 0.202. The van der Waals surface area contributed by atoms with Crippen molar-refractivity contribution in [3.63, 3.8) is 0 Å². The highest BCUT2D eigenvalue weighted by atomic mass is 15.5. The van der Waals surface area contributed by atoms with Crippen LogP contribution in [0.5, 0.6) is 0 Å². The van der Waals surface area contributed by atoms with Gasteiger partial charge in [-0.1, -0.05) is 16.8 Å². The Bertz CT molecular complexity index is 390. The summed E-state index contributed by atoms with van der Waals surface area (Å²) < 4.78 is 0. The molecule has 2 N–H and O–H groups in total. The van der Waals surface area contributed by atoms with Gasteiger partial charge < -0.3 is 0 Å². The van der Waals surface area contributed by atoms with E-state index in [1.54, 1.807) is 0 Å². The van der Waals surface area contributed by atoms with E-state index < -0.39 is 0 Å². The minimum Gasteiger partial charge on any atom is -0.177 e. The number of hydrogen-bond donors (Lipinski definition) is 2. The van der Waals surface area contributed by atoms with E-state index in [1.807, 2.05) is 0 Å². The second kappa shape index (κ2) is 3.62. The highest BCUT2D eigenvalue weighted by Crippen LogP contribution is 2.45. The largest absolute Gasteiger partial charge is 0.177 e.